The fourth-order valence-corrected chi connectivity index (χ4v) is 3.04. The highest BCUT2D eigenvalue weighted by Crippen LogP contribution is 2.23. The highest BCUT2D eigenvalue weighted by molar-refractivity contribution is 7.14. The fraction of sp³-hybridized carbons (Fsp3) is 0.308. The molecule has 0 amide bonds. The maximum Gasteiger partial charge on any atom is 0.234 e. The molecule has 6 nitrogen and oxygen atoms in total. The SMILES string of the molecule is c1nn2c(-c3ccc(N4CCNCC4)cc3)nnc2s1. The van der Waals surface area contributed by atoms with Gasteiger partial charge in [-0.2, -0.15) is 9.61 Å². The molecule has 0 atom stereocenters. The van der Waals surface area contributed by atoms with E-state index >= 15 is 0 Å². The predicted molar refractivity (Wildman–Crippen MR) is 79.2 cm³/mol. The molecule has 1 aliphatic heterocycles. The first-order valence-corrected chi connectivity index (χ1v) is 7.51. The predicted octanol–water partition coefficient (Wildman–Crippen LogP) is 1.26. The highest BCUT2D eigenvalue weighted by Gasteiger charge is 2.12. The Labute approximate surface area is 120 Å². The van der Waals surface area contributed by atoms with Crippen LogP contribution in [0.1, 0.15) is 0 Å². The van der Waals surface area contributed by atoms with Crippen molar-refractivity contribution in [2.45, 2.75) is 0 Å². The first-order valence-electron chi connectivity index (χ1n) is 6.63. The van der Waals surface area contributed by atoms with Crippen LogP contribution in [-0.2, 0) is 0 Å². The van der Waals surface area contributed by atoms with Crippen molar-refractivity contribution in [3.8, 4) is 11.4 Å². The molecule has 0 unspecified atom stereocenters. The Balaban J connectivity index is 1.65. The molecule has 1 fully saturated rings. The maximum atomic E-state index is 4.26. The van der Waals surface area contributed by atoms with E-state index < -0.39 is 0 Å². The molecule has 102 valence electrons. The summed E-state index contributed by atoms with van der Waals surface area (Å²) in [5, 5.41) is 15.9. The molecular formula is C13H14N6S. The zero-order valence-electron chi connectivity index (χ0n) is 10.9. The number of rotatable bonds is 2. The zero-order chi connectivity index (χ0) is 13.4. The number of piperazine rings is 1. The van der Waals surface area contributed by atoms with Crippen molar-refractivity contribution in [2.75, 3.05) is 31.1 Å². The number of benzene rings is 1. The molecule has 2 aromatic heterocycles. The van der Waals surface area contributed by atoms with Crippen LogP contribution in [0, 0.1) is 0 Å². The maximum absolute atomic E-state index is 4.26. The van der Waals surface area contributed by atoms with Crippen LogP contribution in [0.25, 0.3) is 16.3 Å². The first-order chi connectivity index (χ1) is 9.92. The van der Waals surface area contributed by atoms with Crippen LogP contribution in [0.4, 0.5) is 5.69 Å². The minimum atomic E-state index is 0.799. The second kappa shape index (κ2) is 4.84. The van der Waals surface area contributed by atoms with Crippen LogP contribution in [-0.4, -0.2) is 46.0 Å². The van der Waals surface area contributed by atoms with Crippen LogP contribution >= 0.6 is 11.3 Å². The van der Waals surface area contributed by atoms with E-state index in [0.29, 0.717) is 0 Å². The number of aromatic nitrogens is 4. The van der Waals surface area contributed by atoms with E-state index in [9.17, 15) is 0 Å². The average molecular weight is 286 g/mol. The average Bonchev–Trinajstić information content (AvgIpc) is 3.11. The van der Waals surface area contributed by atoms with E-state index in [2.05, 4.69) is 49.8 Å². The van der Waals surface area contributed by atoms with E-state index in [0.717, 1.165) is 42.5 Å². The number of hydrogen-bond acceptors (Lipinski definition) is 6. The van der Waals surface area contributed by atoms with Crippen molar-refractivity contribution in [3.63, 3.8) is 0 Å². The van der Waals surface area contributed by atoms with Gasteiger partial charge in [-0.1, -0.05) is 11.3 Å². The third kappa shape index (κ3) is 1.95. The Morgan fingerprint density at radius 2 is 1.85 bits per heavy atom. The van der Waals surface area contributed by atoms with Crippen molar-refractivity contribution < 1.29 is 0 Å². The third-order valence-corrected chi connectivity index (χ3v) is 4.21. The van der Waals surface area contributed by atoms with Crippen LogP contribution < -0.4 is 10.2 Å². The van der Waals surface area contributed by atoms with Gasteiger partial charge in [0.25, 0.3) is 0 Å². The molecule has 0 radical (unpaired) electrons. The lowest BCUT2D eigenvalue weighted by molar-refractivity contribution is 0.589. The fourth-order valence-electron chi connectivity index (χ4n) is 2.49. The van der Waals surface area contributed by atoms with Gasteiger partial charge in [0, 0.05) is 37.4 Å². The second-order valence-electron chi connectivity index (χ2n) is 4.74. The third-order valence-electron chi connectivity index (χ3n) is 3.54. The van der Waals surface area contributed by atoms with E-state index in [4.69, 9.17) is 0 Å². The van der Waals surface area contributed by atoms with Crippen LogP contribution in [0.5, 0.6) is 0 Å². The molecule has 3 aromatic rings. The highest BCUT2D eigenvalue weighted by atomic mass is 32.1. The van der Waals surface area contributed by atoms with Crippen molar-refractivity contribution in [2.24, 2.45) is 0 Å². The normalized spacial score (nSPS) is 15.9. The van der Waals surface area contributed by atoms with Gasteiger partial charge in [-0.05, 0) is 24.3 Å². The summed E-state index contributed by atoms with van der Waals surface area (Å²) in [5.41, 5.74) is 4.08. The molecule has 1 aromatic carbocycles. The van der Waals surface area contributed by atoms with Gasteiger partial charge < -0.3 is 10.2 Å². The van der Waals surface area contributed by atoms with E-state index in [1.807, 2.05) is 0 Å². The summed E-state index contributed by atoms with van der Waals surface area (Å²) in [7, 11) is 0. The van der Waals surface area contributed by atoms with Crippen LogP contribution in [0.15, 0.2) is 29.8 Å². The monoisotopic (exact) mass is 286 g/mol. The number of hydrogen-bond donors (Lipinski definition) is 1. The lowest BCUT2D eigenvalue weighted by Crippen LogP contribution is -2.43. The van der Waals surface area contributed by atoms with Gasteiger partial charge in [-0.3, -0.25) is 0 Å². The molecule has 0 aliphatic carbocycles. The van der Waals surface area contributed by atoms with Crippen molar-refractivity contribution >= 4 is 22.0 Å². The molecule has 0 bridgehead atoms. The minimum Gasteiger partial charge on any atom is -0.369 e. The second-order valence-corrected chi connectivity index (χ2v) is 5.55. The molecule has 20 heavy (non-hydrogen) atoms. The molecule has 4 rings (SSSR count). The van der Waals surface area contributed by atoms with Crippen molar-refractivity contribution in [3.05, 3.63) is 29.8 Å². The zero-order valence-corrected chi connectivity index (χ0v) is 11.7. The van der Waals surface area contributed by atoms with E-state index in [1.165, 1.54) is 17.0 Å². The Kier molecular flexibility index (Phi) is 2.86. The smallest absolute Gasteiger partial charge is 0.234 e. The van der Waals surface area contributed by atoms with Gasteiger partial charge in [0.1, 0.15) is 5.51 Å². The van der Waals surface area contributed by atoms with Gasteiger partial charge in [0.15, 0.2) is 5.82 Å². The quantitative estimate of drug-likeness (QED) is 0.768. The number of anilines is 1. The summed E-state index contributed by atoms with van der Waals surface area (Å²) >= 11 is 1.49. The Morgan fingerprint density at radius 3 is 2.65 bits per heavy atom. The van der Waals surface area contributed by atoms with Crippen molar-refractivity contribution in [1.82, 2.24) is 25.1 Å². The topological polar surface area (TPSA) is 58.4 Å². The molecule has 0 spiro atoms. The van der Waals surface area contributed by atoms with Crippen molar-refractivity contribution in [1.29, 1.82) is 0 Å². The van der Waals surface area contributed by atoms with E-state index in [1.54, 1.807) is 10.0 Å². The molecule has 3 heterocycles. The summed E-state index contributed by atoms with van der Waals surface area (Å²) < 4.78 is 1.78. The summed E-state index contributed by atoms with van der Waals surface area (Å²) in [4.78, 5) is 3.22. The molecular weight excluding hydrogens is 272 g/mol. The van der Waals surface area contributed by atoms with Gasteiger partial charge >= 0.3 is 0 Å². The summed E-state index contributed by atoms with van der Waals surface area (Å²) in [6.07, 6.45) is 0. The molecule has 7 heteroatoms. The lowest BCUT2D eigenvalue weighted by atomic mass is 10.1. The number of nitrogens with one attached hydrogen (secondary N) is 1. The minimum absolute atomic E-state index is 0.799. The lowest BCUT2D eigenvalue weighted by Gasteiger charge is -2.29. The number of nitrogens with zero attached hydrogens (tertiary/aromatic N) is 5. The Morgan fingerprint density at radius 1 is 1.05 bits per heavy atom. The molecule has 1 saturated heterocycles. The summed E-state index contributed by atoms with van der Waals surface area (Å²) in [5.74, 6) is 0.799. The standard InChI is InChI=1S/C13H14N6S/c1-3-11(18-7-5-14-6-8-18)4-2-10(1)12-16-17-13-19(12)15-9-20-13/h1-4,9,14H,5-8H2. The molecule has 0 saturated carbocycles. The van der Waals surface area contributed by atoms with Gasteiger partial charge in [-0.15, -0.1) is 10.2 Å². The van der Waals surface area contributed by atoms with Crippen LogP contribution in [0.2, 0.25) is 0 Å². The van der Waals surface area contributed by atoms with Gasteiger partial charge in [0.05, 0.1) is 0 Å². The van der Waals surface area contributed by atoms with Crippen LogP contribution in [0.3, 0.4) is 0 Å². The Hall–Kier alpha value is -1.99. The summed E-state index contributed by atoms with van der Waals surface area (Å²) in [6, 6.07) is 8.47. The van der Waals surface area contributed by atoms with E-state index in [-0.39, 0.29) is 0 Å². The summed E-state index contributed by atoms with van der Waals surface area (Å²) in [6.45, 7) is 4.21. The number of fused-ring (bicyclic) bond motifs is 1. The molecule has 1 N–H and O–H groups in total. The van der Waals surface area contributed by atoms with Gasteiger partial charge in [-0.25, -0.2) is 0 Å². The largest absolute Gasteiger partial charge is 0.369 e. The Bertz CT molecular complexity index is 710. The molecule has 1 aliphatic rings. The van der Waals surface area contributed by atoms with Gasteiger partial charge in [0.2, 0.25) is 4.96 Å². The first kappa shape index (κ1) is 11.8.